The van der Waals surface area contributed by atoms with Crippen molar-refractivity contribution in [2.24, 2.45) is 22.4 Å². The van der Waals surface area contributed by atoms with E-state index in [2.05, 4.69) is 20.6 Å². The van der Waals surface area contributed by atoms with Crippen LogP contribution in [0.25, 0.3) is 10.2 Å². The first-order valence-electron chi connectivity index (χ1n) is 11.0. The molecule has 1 amide bonds. The number of aromatic nitrogens is 1. The molecule has 1 saturated carbocycles. The number of guanidine groups is 1. The van der Waals surface area contributed by atoms with E-state index in [0.29, 0.717) is 36.4 Å². The Morgan fingerprint density at radius 2 is 2.06 bits per heavy atom. The molecule has 0 radical (unpaired) electrons. The standard InChI is InChI=1S/C22H30N6O2S/c23-22(24)25-11-5-9-16(19(29)21-28-15-8-3-4-10-18(15)31-21)27-20(30)17-12-13-6-1-2-7-14(13)26-17/h3-4,8,10,13-14,16-17,26H,1-2,5-7,9,11-12H2,(H,27,30)(H4,23,24,25)/t13?,14?,16?,17-/m0/s1. The van der Waals surface area contributed by atoms with Crippen molar-refractivity contribution < 1.29 is 9.59 Å². The first-order valence-corrected chi connectivity index (χ1v) is 11.8. The van der Waals surface area contributed by atoms with E-state index >= 15 is 0 Å². The van der Waals surface area contributed by atoms with Crippen molar-refractivity contribution in [3.63, 3.8) is 0 Å². The summed E-state index contributed by atoms with van der Waals surface area (Å²) in [6, 6.07) is 7.19. The number of benzene rings is 1. The number of carbonyl (C=O) groups excluding carboxylic acids is 2. The lowest BCUT2D eigenvalue weighted by Gasteiger charge is -2.24. The number of hydrogen-bond donors (Lipinski definition) is 4. The average Bonchev–Trinajstić information content (AvgIpc) is 3.39. The Bertz CT molecular complexity index is 923. The van der Waals surface area contributed by atoms with Crippen molar-refractivity contribution in [2.45, 2.75) is 63.1 Å². The number of nitrogens with zero attached hydrogens (tertiary/aromatic N) is 2. The molecular formula is C22H30N6O2S. The third kappa shape index (κ3) is 5.22. The van der Waals surface area contributed by atoms with Gasteiger partial charge in [0.05, 0.1) is 22.3 Å². The monoisotopic (exact) mass is 442 g/mol. The lowest BCUT2D eigenvalue weighted by atomic mass is 9.85. The second-order valence-electron chi connectivity index (χ2n) is 8.47. The Balaban J connectivity index is 1.46. The molecule has 4 atom stereocenters. The number of fused-ring (bicyclic) bond motifs is 2. The number of thiazole rings is 1. The van der Waals surface area contributed by atoms with E-state index in [0.717, 1.165) is 23.1 Å². The summed E-state index contributed by atoms with van der Waals surface area (Å²) in [5.74, 6) is 0.325. The number of nitrogens with two attached hydrogens (primary N) is 2. The van der Waals surface area contributed by atoms with E-state index in [1.165, 1.54) is 30.6 Å². The molecule has 1 aromatic heterocycles. The van der Waals surface area contributed by atoms with Crippen LogP contribution < -0.4 is 22.1 Å². The van der Waals surface area contributed by atoms with Gasteiger partial charge < -0.3 is 22.1 Å². The zero-order chi connectivity index (χ0) is 21.8. The lowest BCUT2D eigenvalue weighted by Crippen LogP contribution is -2.49. The smallest absolute Gasteiger partial charge is 0.237 e. The van der Waals surface area contributed by atoms with Crippen LogP contribution in [0.1, 0.15) is 54.7 Å². The minimum Gasteiger partial charge on any atom is -0.370 e. The summed E-state index contributed by atoms with van der Waals surface area (Å²) >= 11 is 1.36. The molecule has 8 nitrogen and oxygen atoms in total. The van der Waals surface area contributed by atoms with Crippen molar-refractivity contribution in [3.05, 3.63) is 29.3 Å². The third-order valence-corrected chi connectivity index (χ3v) is 7.31. The summed E-state index contributed by atoms with van der Waals surface area (Å²) < 4.78 is 0.956. The number of ketones is 1. The van der Waals surface area contributed by atoms with Crippen LogP contribution in [0.5, 0.6) is 0 Å². The fourth-order valence-electron chi connectivity index (χ4n) is 4.69. The van der Waals surface area contributed by atoms with Crippen molar-refractivity contribution in [1.29, 1.82) is 0 Å². The molecule has 1 aromatic carbocycles. The Hall–Kier alpha value is -2.52. The van der Waals surface area contributed by atoms with Crippen LogP contribution in [0, 0.1) is 5.92 Å². The van der Waals surface area contributed by atoms with Gasteiger partial charge in [0.15, 0.2) is 11.0 Å². The second kappa shape index (κ2) is 9.74. The second-order valence-corrected chi connectivity index (χ2v) is 9.50. The number of hydrogen-bond acceptors (Lipinski definition) is 6. The summed E-state index contributed by atoms with van der Waals surface area (Å²) in [5, 5.41) is 6.91. The number of rotatable bonds is 8. The van der Waals surface area contributed by atoms with Gasteiger partial charge in [-0.1, -0.05) is 25.0 Å². The topological polar surface area (TPSA) is 135 Å². The van der Waals surface area contributed by atoms with E-state index in [1.54, 1.807) is 0 Å². The highest BCUT2D eigenvalue weighted by atomic mass is 32.1. The Morgan fingerprint density at radius 1 is 1.26 bits per heavy atom. The third-order valence-electron chi connectivity index (χ3n) is 6.26. The zero-order valence-electron chi connectivity index (χ0n) is 17.5. The summed E-state index contributed by atoms with van der Waals surface area (Å²) in [4.78, 5) is 34.8. The van der Waals surface area contributed by atoms with Crippen LogP contribution >= 0.6 is 11.3 Å². The summed E-state index contributed by atoms with van der Waals surface area (Å²) in [7, 11) is 0. The first-order chi connectivity index (χ1) is 15.0. The molecule has 6 N–H and O–H groups in total. The van der Waals surface area contributed by atoms with Gasteiger partial charge in [-0.2, -0.15) is 0 Å². The van der Waals surface area contributed by atoms with E-state index < -0.39 is 6.04 Å². The first kappa shape index (κ1) is 21.7. The number of aliphatic imine (C=N–C) groups is 1. The lowest BCUT2D eigenvalue weighted by molar-refractivity contribution is -0.123. The summed E-state index contributed by atoms with van der Waals surface area (Å²) in [6.45, 7) is 0.410. The molecule has 0 spiro atoms. The van der Waals surface area contributed by atoms with Gasteiger partial charge >= 0.3 is 0 Å². The van der Waals surface area contributed by atoms with Gasteiger partial charge in [-0.05, 0) is 50.2 Å². The maximum atomic E-state index is 13.3. The highest BCUT2D eigenvalue weighted by molar-refractivity contribution is 7.20. The highest BCUT2D eigenvalue weighted by Gasteiger charge is 2.39. The number of nitrogens with one attached hydrogen (secondary N) is 2. The molecule has 166 valence electrons. The maximum absolute atomic E-state index is 13.3. The van der Waals surface area contributed by atoms with Gasteiger partial charge in [-0.15, -0.1) is 11.3 Å². The Labute approximate surface area is 185 Å². The number of carbonyl (C=O) groups is 2. The molecule has 1 saturated heterocycles. The molecule has 9 heteroatoms. The molecule has 1 aliphatic carbocycles. The fraction of sp³-hybridized carbons (Fsp3) is 0.545. The fourth-order valence-corrected chi connectivity index (χ4v) is 5.65. The zero-order valence-corrected chi connectivity index (χ0v) is 18.4. The van der Waals surface area contributed by atoms with Crippen LogP contribution in [0.15, 0.2) is 29.3 Å². The van der Waals surface area contributed by atoms with Gasteiger partial charge in [0.1, 0.15) is 0 Å². The molecule has 2 heterocycles. The van der Waals surface area contributed by atoms with E-state index in [9.17, 15) is 9.59 Å². The van der Waals surface area contributed by atoms with Gasteiger partial charge in [-0.25, -0.2) is 4.98 Å². The van der Waals surface area contributed by atoms with Crippen LogP contribution in [0.4, 0.5) is 0 Å². The van der Waals surface area contributed by atoms with Gasteiger partial charge in [0.25, 0.3) is 0 Å². The van der Waals surface area contributed by atoms with Gasteiger partial charge in [0.2, 0.25) is 11.7 Å². The molecule has 31 heavy (non-hydrogen) atoms. The van der Waals surface area contributed by atoms with Gasteiger partial charge in [-0.3, -0.25) is 14.6 Å². The van der Waals surface area contributed by atoms with Crippen LogP contribution in [0.3, 0.4) is 0 Å². The van der Waals surface area contributed by atoms with E-state index in [4.69, 9.17) is 11.5 Å². The molecule has 2 fully saturated rings. The van der Waals surface area contributed by atoms with Gasteiger partial charge in [0, 0.05) is 12.6 Å². The normalized spacial score (nSPS) is 23.8. The molecular weight excluding hydrogens is 412 g/mol. The predicted molar refractivity (Wildman–Crippen MR) is 123 cm³/mol. The Kier molecular flexibility index (Phi) is 6.82. The number of Topliss-reactive ketones (excluding diaryl/α,β-unsaturated/α-hetero) is 1. The predicted octanol–water partition coefficient (Wildman–Crippen LogP) is 1.94. The molecule has 0 bridgehead atoms. The largest absolute Gasteiger partial charge is 0.370 e. The molecule has 2 aromatic rings. The molecule has 3 unspecified atom stereocenters. The summed E-state index contributed by atoms with van der Waals surface area (Å²) in [6.07, 6.45) is 6.63. The van der Waals surface area contributed by atoms with E-state index in [1.807, 2.05) is 24.3 Å². The van der Waals surface area contributed by atoms with Crippen LogP contribution in [-0.2, 0) is 4.79 Å². The SMILES string of the molecule is NC(N)=NCCCC(NC(=O)[C@@H]1CC2CCCCC2N1)C(=O)c1nc2ccccc2s1. The Morgan fingerprint density at radius 3 is 2.84 bits per heavy atom. The van der Waals surface area contributed by atoms with E-state index in [-0.39, 0.29) is 23.7 Å². The van der Waals surface area contributed by atoms with Crippen molar-refractivity contribution in [3.8, 4) is 0 Å². The minimum absolute atomic E-state index is 0.0239. The number of para-hydroxylation sites is 1. The van der Waals surface area contributed by atoms with Crippen LogP contribution in [0.2, 0.25) is 0 Å². The number of amides is 1. The molecule has 1 aliphatic heterocycles. The maximum Gasteiger partial charge on any atom is 0.237 e. The molecule has 2 aliphatic rings. The summed E-state index contributed by atoms with van der Waals surface area (Å²) in [5.41, 5.74) is 11.6. The molecule has 4 rings (SSSR count). The van der Waals surface area contributed by atoms with Crippen molar-refractivity contribution in [1.82, 2.24) is 15.6 Å². The van der Waals surface area contributed by atoms with Crippen LogP contribution in [-0.4, -0.2) is 47.3 Å². The van der Waals surface area contributed by atoms with Crippen molar-refractivity contribution in [2.75, 3.05) is 6.54 Å². The quantitative estimate of drug-likeness (QED) is 0.213. The minimum atomic E-state index is -0.647. The average molecular weight is 443 g/mol. The highest BCUT2D eigenvalue weighted by Crippen LogP contribution is 2.33. The van der Waals surface area contributed by atoms with Crippen molar-refractivity contribution >= 4 is 39.2 Å².